The first-order valence-corrected chi connectivity index (χ1v) is 17.6. The van der Waals surface area contributed by atoms with E-state index < -0.39 is 19.9 Å². The van der Waals surface area contributed by atoms with Gasteiger partial charge >= 0.3 is 12.1 Å². The van der Waals surface area contributed by atoms with Crippen LogP contribution in [-0.2, 0) is 27.2 Å². The Bertz CT molecular complexity index is 1280. The number of esters is 1. The molecule has 1 fully saturated rings. The number of hydrogen-bond donors (Lipinski definition) is 0. The Morgan fingerprint density at radius 3 is 2.29 bits per heavy atom. The van der Waals surface area contributed by atoms with Gasteiger partial charge in [0.05, 0.1) is 18.9 Å². The highest BCUT2D eigenvalue weighted by atomic mass is 28.3. The minimum absolute atomic E-state index is 0.0148. The minimum atomic E-state index is -4.56. The zero-order valence-corrected chi connectivity index (χ0v) is 25.0. The predicted octanol–water partition coefficient (Wildman–Crippen LogP) is 7.44. The summed E-state index contributed by atoms with van der Waals surface area (Å²) in [5, 5.41) is 0. The lowest BCUT2D eigenvalue weighted by Gasteiger charge is -2.28. The molecular weight excluding hydrogens is 551 g/mol. The maximum Gasteiger partial charge on any atom is 0.434 e. The van der Waals surface area contributed by atoms with E-state index in [0.717, 1.165) is 49.2 Å². The number of ether oxygens (including phenoxy) is 3. The second kappa shape index (κ2) is 13.2. The van der Waals surface area contributed by atoms with Gasteiger partial charge in [-0.1, -0.05) is 19.6 Å². The molecule has 0 atom stereocenters. The molecule has 222 valence electrons. The van der Waals surface area contributed by atoms with Crippen molar-refractivity contribution in [3.8, 4) is 28.4 Å². The number of benzene rings is 1. The lowest BCUT2D eigenvalue weighted by Crippen LogP contribution is -2.25. The topological polar surface area (TPSA) is 75.5 Å². The molecule has 2 heterocycles. The van der Waals surface area contributed by atoms with Crippen LogP contribution in [0.1, 0.15) is 37.8 Å². The predicted molar refractivity (Wildman–Crippen MR) is 153 cm³/mol. The second-order valence-corrected chi connectivity index (χ2v) is 17.4. The lowest BCUT2D eigenvalue weighted by atomic mass is 9.85. The second-order valence-electron chi connectivity index (χ2n) is 11.8. The van der Waals surface area contributed by atoms with Crippen LogP contribution in [0.4, 0.5) is 13.2 Å². The lowest BCUT2D eigenvalue weighted by molar-refractivity contribution is -0.142. The normalized spacial score (nSPS) is 17.8. The molecule has 4 rings (SSSR count). The van der Waals surface area contributed by atoms with Gasteiger partial charge in [0.1, 0.15) is 18.3 Å². The quantitative estimate of drug-likeness (QED) is 0.131. The van der Waals surface area contributed by atoms with Gasteiger partial charge < -0.3 is 18.8 Å². The van der Waals surface area contributed by atoms with Crippen molar-refractivity contribution in [3.63, 3.8) is 0 Å². The summed E-state index contributed by atoms with van der Waals surface area (Å²) in [6, 6.07) is 12.0. The number of methoxy groups -OCH3 is 1. The van der Waals surface area contributed by atoms with Crippen molar-refractivity contribution in [2.75, 3.05) is 13.7 Å². The number of aromatic nitrogens is 3. The number of carbonyl (C=O) groups excluding carboxylic acids is 1. The van der Waals surface area contributed by atoms with E-state index in [1.54, 1.807) is 12.1 Å². The molecular formula is C30H38F3N3O4Si. The molecule has 2 aromatic heterocycles. The Labute approximate surface area is 240 Å². The van der Waals surface area contributed by atoms with Crippen LogP contribution >= 0.6 is 0 Å². The fraction of sp³-hybridized carbons (Fsp3) is 0.500. The van der Waals surface area contributed by atoms with Gasteiger partial charge in [-0.2, -0.15) is 13.2 Å². The summed E-state index contributed by atoms with van der Waals surface area (Å²) in [5.41, 5.74) is 1.06. The molecule has 0 aliphatic heterocycles. The first-order chi connectivity index (χ1) is 19.4. The maximum atomic E-state index is 13.4. The van der Waals surface area contributed by atoms with Crippen molar-refractivity contribution >= 4 is 14.0 Å². The molecule has 3 aromatic rings. The van der Waals surface area contributed by atoms with Crippen molar-refractivity contribution in [1.82, 2.24) is 14.5 Å². The number of hydrogen-bond acceptors (Lipinski definition) is 6. The maximum absolute atomic E-state index is 13.4. The zero-order valence-electron chi connectivity index (χ0n) is 24.0. The smallest absolute Gasteiger partial charge is 0.434 e. The molecule has 0 saturated heterocycles. The van der Waals surface area contributed by atoms with E-state index in [-0.39, 0.29) is 24.6 Å². The average molecular weight is 590 g/mol. The minimum Gasteiger partial charge on any atom is -0.490 e. The summed E-state index contributed by atoms with van der Waals surface area (Å²) in [4.78, 5) is 19.9. The third kappa shape index (κ3) is 8.90. The number of alkyl halides is 3. The van der Waals surface area contributed by atoms with Crippen LogP contribution in [0, 0.1) is 5.92 Å². The molecule has 11 heteroatoms. The Hall–Kier alpha value is -3.18. The summed E-state index contributed by atoms with van der Waals surface area (Å²) in [5.74, 6) is 1.11. The van der Waals surface area contributed by atoms with Crippen LogP contribution in [0.2, 0.25) is 25.7 Å². The molecule has 0 amide bonds. The number of pyridine rings is 1. The standard InChI is InChI=1S/C30H38F3N3O4Si/c1-38-28(37)17-21-5-10-24(11-6-21)40-25-12-7-22(8-13-25)26-14-9-23(18-34-26)29-35-27(30(31,32)33)19-36(29)20-39-15-16-41(2,3)4/h7-9,12-14,18-19,21,24H,5-6,10-11,15-17,20H2,1-4H3/t21-,24-. The largest absolute Gasteiger partial charge is 0.490 e. The van der Waals surface area contributed by atoms with Crippen LogP contribution < -0.4 is 4.74 Å². The van der Waals surface area contributed by atoms with Crippen molar-refractivity contribution in [2.45, 2.75) is 76.8 Å². The first-order valence-electron chi connectivity index (χ1n) is 13.9. The van der Waals surface area contributed by atoms with Gasteiger partial charge in [-0.25, -0.2) is 4.98 Å². The molecule has 1 aliphatic rings. The van der Waals surface area contributed by atoms with Gasteiger partial charge in [-0.15, -0.1) is 0 Å². The first kappa shape index (κ1) is 30.8. The molecule has 7 nitrogen and oxygen atoms in total. The van der Waals surface area contributed by atoms with E-state index in [0.29, 0.717) is 30.2 Å². The van der Waals surface area contributed by atoms with E-state index in [1.165, 1.54) is 17.9 Å². The highest BCUT2D eigenvalue weighted by molar-refractivity contribution is 6.76. The molecule has 0 N–H and O–H groups in total. The fourth-order valence-electron chi connectivity index (χ4n) is 4.79. The van der Waals surface area contributed by atoms with Crippen LogP contribution in [0.25, 0.3) is 22.6 Å². The van der Waals surface area contributed by atoms with Gasteiger partial charge in [0.25, 0.3) is 0 Å². The van der Waals surface area contributed by atoms with Gasteiger partial charge in [-0.3, -0.25) is 9.78 Å². The van der Waals surface area contributed by atoms with Gasteiger partial charge in [0.15, 0.2) is 5.69 Å². The van der Waals surface area contributed by atoms with Gasteiger partial charge in [0.2, 0.25) is 0 Å². The Morgan fingerprint density at radius 2 is 1.71 bits per heavy atom. The van der Waals surface area contributed by atoms with Crippen molar-refractivity contribution in [3.05, 3.63) is 54.5 Å². The number of nitrogens with zero attached hydrogens (tertiary/aromatic N) is 3. The number of carbonyl (C=O) groups is 1. The van der Waals surface area contributed by atoms with E-state index in [9.17, 15) is 18.0 Å². The third-order valence-electron chi connectivity index (χ3n) is 7.25. The van der Waals surface area contributed by atoms with E-state index >= 15 is 0 Å². The number of halogens is 3. The van der Waals surface area contributed by atoms with Crippen molar-refractivity contribution < 1.29 is 32.2 Å². The Kier molecular flexibility index (Phi) is 9.91. The van der Waals surface area contributed by atoms with Gasteiger partial charge in [-0.05, 0) is 74.0 Å². The molecule has 0 unspecified atom stereocenters. The Morgan fingerprint density at radius 1 is 1.02 bits per heavy atom. The molecule has 0 radical (unpaired) electrons. The molecule has 1 saturated carbocycles. The van der Waals surface area contributed by atoms with Gasteiger partial charge in [0, 0.05) is 44.6 Å². The average Bonchev–Trinajstić information content (AvgIpc) is 3.37. The molecule has 1 aromatic carbocycles. The van der Waals surface area contributed by atoms with Crippen LogP contribution in [0.3, 0.4) is 0 Å². The van der Waals surface area contributed by atoms with E-state index in [1.807, 2.05) is 24.3 Å². The highest BCUT2D eigenvalue weighted by Gasteiger charge is 2.35. The molecule has 1 aliphatic carbocycles. The summed E-state index contributed by atoms with van der Waals surface area (Å²) in [7, 11) is 0.0948. The number of imidazole rings is 1. The summed E-state index contributed by atoms with van der Waals surface area (Å²) in [6.07, 6.45) is 2.18. The summed E-state index contributed by atoms with van der Waals surface area (Å²) in [6.45, 7) is 7.13. The number of rotatable bonds is 11. The Balaban J connectivity index is 1.39. The highest BCUT2D eigenvalue weighted by Crippen LogP contribution is 2.33. The SMILES string of the molecule is COC(=O)C[C@H]1CC[C@H](Oc2ccc(-c3ccc(-c4nc(C(F)(F)F)cn4COCC[Si](C)(C)C)cn3)cc2)CC1. The molecule has 0 spiro atoms. The van der Waals surface area contributed by atoms with Crippen LogP contribution in [0.5, 0.6) is 5.75 Å². The fourth-order valence-corrected chi connectivity index (χ4v) is 5.55. The molecule has 41 heavy (non-hydrogen) atoms. The molecule has 0 bridgehead atoms. The third-order valence-corrected chi connectivity index (χ3v) is 8.95. The summed E-state index contributed by atoms with van der Waals surface area (Å²) < 4.78 is 58.3. The van der Waals surface area contributed by atoms with Crippen LogP contribution in [0.15, 0.2) is 48.8 Å². The van der Waals surface area contributed by atoms with Crippen molar-refractivity contribution in [1.29, 1.82) is 0 Å². The van der Waals surface area contributed by atoms with E-state index in [4.69, 9.17) is 14.2 Å². The monoisotopic (exact) mass is 589 g/mol. The zero-order chi connectivity index (χ0) is 29.6. The van der Waals surface area contributed by atoms with E-state index in [2.05, 4.69) is 29.6 Å². The summed E-state index contributed by atoms with van der Waals surface area (Å²) >= 11 is 0. The van der Waals surface area contributed by atoms with Crippen LogP contribution in [-0.4, -0.2) is 48.4 Å². The van der Waals surface area contributed by atoms with Crippen molar-refractivity contribution in [2.24, 2.45) is 5.92 Å².